The van der Waals surface area contributed by atoms with Gasteiger partial charge in [-0.25, -0.2) is 0 Å². The molecule has 0 unspecified atom stereocenters. The van der Waals surface area contributed by atoms with E-state index in [1.807, 2.05) is 6.07 Å². The van der Waals surface area contributed by atoms with Crippen LogP contribution >= 0.6 is 0 Å². The molecular weight excluding hydrogens is 286 g/mol. The molecule has 0 heterocycles. The SMILES string of the molecule is CN=C(NCc1ccccc1C)NCc1ccc(C)cc1OC. The van der Waals surface area contributed by atoms with E-state index >= 15 is 0 Å². The minimum atomic E-state index is 0.664. The number of aryl methyl sites for hydroxylation is 2. The first-order chi connectivity index (χ1) is 11.1. The molecule has 0 bridgehead atoms. The fourth-order valence-electron chi connectivity index (χ4n) is 2.38. The summed E-state index contributed by atoms with van der Waals surface area (Å²) in [6.07, 6.45) is 0. The molecule has 0 aliphatic rings. The molecule has 23 heavy (non-hydrogen) atoms. The smallest absolute Gasteiger partial charge is 0.191 e. The number of guanidine groups is 1. The maximum atomic E-state index is 5.44. The second-order valence-corrected chi connectivity index (χ2v) is 5.52. The van der Waals surface area contributed by atoms with Crippen LogP contribution in [0.4, 0.5) is 0 Å². The lowest BCUT2D eigenvalue weighted by Crippen LogP contribution is -2.36. The van der Waals surface area contributed by atoms with E-state index in [0.717, 1.165) is 23.8 Å². The zero-order valence-corrected chi connectivity index (χ0v) is 14.3. The van der Waals surface area contributed by atoms with Crippen LogP contribution in [0.25, 0.3) is 0 Å². The van der Waals surface area contributed by atoms with Gasteiger partial charge >= 0.3 is 0 Å². The van der Waals surface area contributed by atoms with Crippen molar-refractivity contribution in [2.24, 2.45) is 4.99 Å². The number of methoxy groups -OCH3 is 1. The number of rotatable bonds is 5. The van der Waals surface area contributed by atoms with Gasteiger partial charge < -0.3 is 15.4 Å². The second kappa shape index (κ2) is 8.22. The zero-order valence-electron chi connectivity index (χ0n) is 14.3. The Balaban J connectivity index is 1.94. The van der Waals surface area contributed by atoms with Crippen LogP contribution in [-0.2, 0) is 13.1 Å². The Morgan fingerprint density at radius 2 is 1.70 bits per heavy atom. The van der Waals surface area contributed by atoms with E-state index in [1.54, 1.807) is 14.2 Å². The molecule has 122 valence electrons. The molecule has 0 radical (unpaired) electrons. The lowest BCUT2D eigenvalue weighted by Gasteiger charge is -2.15. The van der Waals surface area contributed by atoms with Gasteiger partial charge in [0, 0.05) is 25.7 Å². The Bertz CT molecular complexity index is 680. The van der Waals surface area contributed by atoms with Crippen molar-refractivity contribution >= 4 is 5.96 Å². The normalized spacial score (nSPS) is 11.2. The molecule has 0 saturated carbocycles. The van der Waals surface area contributed by atoms with Crippen LogP contribution in [0, 0.1) is 13.8 Å². The molecular formula is C19H25N3O. The molecule has 2 N–H and O–H groups in total. The number of nitrogens with one attached hydrogen (secondary N) is 2. The van der Waals surface area contributed by atoms with Crippen LogP contribution in [0.15, 0.2) is 47.5 Å². The van der Waals surface area contributed by atoms with Gasteiger partial charge in [-0.2, -0.15) is 0 Å². The number of hydrogen-bond donors (Lipinski definition) is 2. The topological polar surface area (TPSA) is 45.7 Å². The van der Waals surface area contributed by atoms with Gasteiger partial charge in [-0.3, -0.25) is 4.99 Å². The van der Waals surface area contributed by atoms with E-state index in [1.165, 1.54) is 16.7 Å². The monoisotopic (exact) mass is 311 g/mol. The molecule has 2 aromatic carbocycles. The predicted octanol–water partition coefficient (Wildman–Crippen LogP) is 3.18. The fourth-order valence-corrected chi connectivity index (χ4v) is 2.38. The van der Waals surface area contributed by atoms with Gasteiger partial charge in [0.1, 0.15) is 5.75 Å². The quantitative estimate of drug-likeness (QED) is 0.658. The van der Waals surface area contributed by atoms with E-state index < -0.39 is 0 Å². The fraction of sp³-hybridized carbons (Fsp3) is 0.316. The van der Waals surface area contributed by atoms with Gasteiger partial charge in [-0.1, -0.05) is 36.4 Å². The molecule has 0 aromatic heterocycles. The summed E-state index contributed by atoms with van der Waals surface area (Å²) in [4.78, 5) is 4.27. The molecule has 0 atom stereocenters. The highest BCUT2D eigenvalue weighted by Crippen LogP contribution is 2.19. The molecule has 0 spiro atoms. The van der Waals surface area contributed by atoms with Crippen molar-refractivity contribution in [1.82, 2.24) is 10.6 Å². The standard InChI is InChI=1S/C19H25N3O/c1-14-9-10-17(18(11-14)23-4)13-22-19(20-3)21-12-16-8-6-5-7-15(16)2/h5-11H,12-13H2,1-4H3,(H2,20,21,22). The lowest BCUT2D eigenvalue weighted by molar-refractivity contribution is 0.408. The molecule has 4 heteroatoms. The molecule has 0 fully saturated rings. The van der Waals surface area contributed by atoms with E-state index in [-0.39, 0.29) is 0 Å². The molecule has 0 aliphatic heterocycles. The third-order valence-electron chi connectivity index (χ3n) is 3.82. The summed E-state index contributed by atoms with van der Waals surface area (Å²) in [6.45, 7) is 5.58. The first kappa shape index (κ1) is 16.9. The predicted molar refractivity (Wildman–Crippen MR) is 95.9 cm³/mol. The number of benzene rings is 2. The van der Waals surface area contributed by atoms with Crippen molar-refractivity contribution in [3.05, 3.63) is 64.7 Å². The van der Waals surface area contributed by atoms with Crippen LogP contribution in [0.2, 0.25) is 0 Å². The van der Waals surface area contributed by atoms with Gasteiger partial charge in [0.05, 0.1) is 7.11 Å². The average Bonchev–Trinajstić information content (AvgIpc) is 2.57. The Morgan fingerprint density at radius 3 is 2.35 bits per heavy atom. The molecule has 4 nitrogen and oxygen atoms in total. The second-order valence-electron chi connectivity index (χ2n) is 5.52. The summed E-state index contributed by atoms with van der Waals surface area (Å²) in [7, 11) is 3.48. The van der Waals surface area contributed by atoms with Gasteiger partial charge in [-0.15, -0.1) is 0 Å². The maximum Gasteiger partial charge on any atom is 0.191 e. The van der Waals surface area contributed by atoms with Crippen molar-refractivity contribution in [1.29, 1.82) is 0 Å². The number of ether oxygens (including phenoxy) is 1. The van der Waals surface area contributed by atoms with Crippen LogP contribution < -0.4 is 15.4 Å². The van der Waals surface area contributed by atoms with Crippen LogP contribution in [0.3, 0.4) is 0 Å². The van der Waals surface area contributed by atoms with Crippen molar-refractivity contribution in [3.63, 3.8) is 0 Å². The minimum Gasteiger partial charge on any atom is -0.496 e. The molecule has 0 saturated heterocycles. The first-order valence-electron chi connectivity index (χ1n) is 7.76. The zero-order chi connectivity index (χ0) is 16.7. The number of hydrogen-bond acceptors (Lipinski definition) is 2. The van der Waals surface area contributed by atoms with Gasteiger partial charge in [0.15, 0.2) is 5.96 Å². The maximum absolute atomic E-state index is 5.44. The summed E-state index contributed by atoms with van der Waals surface area (Å²) in [5.74, 6) is 1.67. The Hall–Kier alpha value is -2.49. The lowest BCUT2D eigenvalue weighted by atomic mass is 10.1. The summed E-state index contributed by atoms with van der Waals surface area (Å²) < 4.78 is 5.44. The third-order valence-corrected chi connectivity index (χ3v) is 3.82. The highest BCUT2D eigenvalue weighted by Gasteiger charge is 2.05. The highest BCUT2D eigenvalue weighted by atomic mass is 16.5. The van der Waals surface area contributed by atoms with E-state index in [9.17, 15) is 0 Å². The third kappa shape index (κ3) is 4.74. The molecule has 0 aliphatic carbocycles. The van der Waals surface area contributed by atoms with Gasteiger partial charge in [0.2, 0.25) is 0 Å². The van der Waals surface area contributed by atoms with Crippen LogP contribution in [0.5, 0.6) is 5.75 Å². The largest absolute Gasteiger partial charge is 0.496 e. The summed E-state index contributed by atoms with van der Waals surface area (Å²) in [5, 5.41) is 6.67. The Kier molecular flexibility index (Phi) is 6.03. The van der Waals surface area contributed by atoms with E-state index in [4.69, 9.17) is 4.74 Å². The summed E-state index contributed by atoms with van der Waals surface area (Å²) >= 11 is 0. The molecule has 2 rings (SSSR count). The highest BCUT2D eigenvalue weighted by molar-refractivity contribution is 5.79. The van der Waals surface area contributed by atoms with Crippen molar-refractivity contribution in [2.75, 3.05) is 14.2 Å². The van der Waals surface area contributed by atoms with Crippen molar-refractivity contribution < 1.29 is 4.74 Å². The van der Waals surface area contributed by atoms with Crippen LogP contribution in [-0.4, -0.2) is 20.1 Å². The molecule has 2 aromatic rings. The van der Waals surface area contributed by atoms with Gasteiger partial charge in [-0.05, 0) is 36.6 Å². The number of aliphatic imine (C=N–C) groups is 1. The summed E-state index contributed by atoms with van der Waals surface area (Å²) in [5.41, 5.74) is 4.84. The summed E-state index contributed by atoms with van der Waals surface area (Å²) in [6, 6.07) is 14.6. The van der Waals surface area contributed by atoms with E-state index in [0.29, 0.717) is 6.54 Å². The first-order valence-corrected chi connectivity index (χ1v) is 7.76. The minimum absolute atomic E-state index is 0.664. The van der Waals surface area contributed by atoms with Crippen molar-refractivity contribution in [2.45, 2.75) is 26.9 Å². The van der Waals surface area contributed by atoms with Crippen LogP contribution in [0.1, 0.15) is 22.3 Å². The average molecular weight is 311 g/mol. The van der Waals surface area contributed by atoms with Gasteiger partial charge in [0.25, 0.3) is 0 Å². The molecule has 0 amide bonds. The van der Waals surface area contributed by atoms with E-state index in [2.05, 4.69) is 65.9 Å². The van der Waals surface area contributed by atoms with Crippen molar-refractivity contribution in [3.8, 4) is 5.75 Å². The Morgan fingerprint density at radius 1 is 1.00 bits per heavy atom. The number of nitrogens with zero attached hydrogens (tertiary/aromatic N) is 1. The Labute approximate surface area is 138 Å².